The molecule has 1 heterocycles. The van der Waals surface area contributed by atoms with Crippen molar-refractivity contribution < 1.29 is 0 Å². The third-order valence-electron chi connectivity index (χ3n) is 2.84. The fourth-order valence-corrected chi connectivity index (χ4v) is 2.56. The van der Waals surface area contributed by atoms with E-state index in [1.165, 1.54) is 5.56 Å². The molecule has 0 saturated heterocycles. The van der Waals surface area contributed by atoms with Crippen LogP contribution in [0.5, 0.6) is 0 Å². The molecule has 0 aliphatic heterocycles. The van der Waals surface area contributed by atoms with Crippen LogP contribution in [0.25, 0.3) is 10.9 Å². The Balaban J connectivity index is 2.34. The number of alkyl halides is 1. The third kappa shape index (κ3) is 3.11. The SMILES string of the molecule is CCCC(Cl)Cc1ccnc2cc(Cl)ccc12. The first-order valence-electron chi connectivity index (χ1n) is 5.88. The van der Waals surface area contributed by atoms with E-state index >= 15 is 0 Å². The highest BCUT2D eigenvalue weighted by Gasteiger charge is 2.08. The van der Waals surface area contributed by atoms with Crippen molar-refractivity contribution in [3.8, 4) is 0 Å². The minimum absolute atomic E-state index is 0.196. The maximum absolute atomic E-state index is 6.30. The summed E-state index contributed by atoms with van der Waals surface area (Å²) in [6, 6.07) is 7.86. The van der Waals surface area contributed by atoms with Crippen LogP contribution >= 0.6 is 23.2 Å². The maximum Gasteiger partial charge on any atom is 0.0719 e. The fourth-order valence-electron chi connectivity index (χ4n) is 2.01. The van der Waals surface area contributed by atoms with Gasteiger partial charge in [-0.15, -0.1) is 11.6 Å². The molecule has 0 N–H and O–H groups in total. The molecule has 0 aliphatic carbocycles. The van der Waals surface area contributed by atoms with Crippen LogP contribution in [0, 0.1) is 0 Å². The van der Waals surface area contributed by atoms with Gasteiger partial charge in [0, 0.05) is 22.0 Å². The van der Waals surface area contributed by atoms with Crippen LogP contribution in [0.2, 0.25) is 5.02 Å². The lowest BCUT2D eigenvalue weighted by Gasteiger charge is -2.10. The van der Waals surface area contributed by atoms with E-state index in [9.17, 15) is 0 Å². The Hall–Kier alpha value is -0.790. The Labute approximate surface area is 112 Å². The molecule has 1 unspecified atom stereocenters. The van der Waals surface area contributed by atoms with Crippen LogP contribution in [0.3, 0.4) is 0 Å². The van der Waals surface area contributed by atoms with Crippen molar-refractivity contribution in [2.45, 2.75) is 31.6 Å². The molecule has 0 aliphatic rings. The van der Waals surface area contributed by atoms with E-state index in [2.05, 4.69) is 11.9 Å². The third-order valence-corrected chi connectivity index (χ3v) is 3.45. The van der Waals surface area contributed by atoms with E-state index in [1.807, 2.05) is 30.5 Å². The number of fused-ring (bicyclic) bond motifs is 1. The lowest BCUT2D eigenvalue weighted by Crippen LogP contribution is -2.03. The Kier molecular flexibility index (Phi) is 4.25. The summed E-state index contributed by atoms with van der Waals surface area (Å²) >= 11 is 12.3. The number of hydrogen-bond donors (Lipinski definition) is 0. The molecule has 2 rings (SSSR count). The Bertz CT molecular complexity index is 511. The van der Waals surface area contributed by atoms with Gasteiger partial charge in [-0.2, -0.15) is 0 Å². The lowest BCUT2D eigenvalue weighted by molar-refractivity contribution is 0.728. The van der Waals surface area contributed by atoms with Crippen molar-refractivity contribution in [1.29, 1.82) is 0 Å². The highest BCUT2D eigenvalue weighted by molar-refractivity contribution is 6.31. The Morgan fingerprint density at radius 1 is 1.29 bits per heavy atom. The summed E-state index contributed by atoms with van der Waals surface area (Å²) in [7, 11) is 0. The predicted octanol–water partition coefficient (Wildman–Crippen LogP) is 4.84. The Morgan fingerprint density at radius 2 is 2.12 bits per heavy atom. The summed E-state index contributed by atoms with van der Waals surface area (Å²) in [5.74, 6) is 0. The molecule has 0 saturated carbocycles. The molecule has 17 heavy (non-hydrogen) atoms. The van der Waals surface area contributed by atoms with E-state index in [0.29, 0.717) is 0 Å². The summed E-state index contributed by atoms with van der Waals surface area (Å²) in [6.07, 6.45) is 4.86. The summed E-state index contributed by atoms with van der Waals surface area (Å²) in [4.78, 5) is 4.33. The average molecular weight is 268 g/mol. The minimum Gasteiger partial charge on any atom is -0.256 e. The second-order valence-electron chi connectivity index (χ2n) is 4.22. The molecule has 1 nitrogen and oxygen atoms in total. The highest BCUT2D eigenvalue weighted by Crippen LogP contribution is 2.23. The number of rotatable bonds is 4. The van der Waals surface area contributed by atoms with Gasteiger partial charge in [-0.3, -0.25) is 4.98 Å². The zero-order valence-electron chi connectivity index (χ0n) is 9.79. The summed E-state index contributed by atoms with van der Waals surface area (Å²) in [5.41, 5.74) is 2.19. The second-order valence-corrected chi connectivity index (χ2v) is 5.28. The van der Waals surface area contributed by atoms with Crippen molar-refractivity contribution in [1.82, 2.24) is 4.98 Å². The van der Waals surface area contributed by atoms with Gasteiger partial charge in [0.25, 0.3) is 0 Å². The molecule has 1 atom stereocenters. The van der Waals surface area contributed by atoms with Crippen molar-refractivity contribution in [2.75, 3.05) is 0 Å². The lowest BCUT2D eigenvalue weighted by atomic mass is 10.0. The predicted molar refractivity (Wildman–Crippen MR) is 75.0 cm³/mol. The summed E-state index contributed by atoms with van der Waals surface area (Å²) in [5, 5.41) is 2.07. The average Bonchev–Trinajstić information content (AvgIpc) is 2.29. The van der Waals surface area contributed by atoms with Crippen LogP contribution in [-0.2, 0) is 6.42 Å². The van der Waals surface area contributed by atoms with Crippen LogP contribution in [0.1, 0.15) is 25.3 Å². The second kappa shape index (κ2) is 5.70. The number of aromatic nitrogens is 1. The molecular weight excluding hydrogens is 253 g/mol. The highest BCUT2D eigenvalue weighted by atomic mass is 35.5. The number of nitrogens with zero attached hydrogens (tertiary/aromatic N) is 1. The molecule has 0 spiro atoms. The zero-order valence-corrected chi connectivity index (χ0v) is 11.3. The molecule has 1 aromatic carbocycles. The van der Waals surface area contributed by atoms with Gasteiger partial charge in [0.05, 0.1) is 5.52 Å². The van der Waals surface area contributed by atoms with Gasteiger partial charge in [-0.05, 0) is 36.6 Å². The van der Waals surface area contributed by atoms with E-state index < -0.39 is 0 Å². The smallest absolute Gasteiger partial charge is 0.0719 e. The molecule has 90 valence electrons. The topological polar surface area (TPSA) is 12.9 Å². The molecule has 0 bridgehead atoms. The van der Waals surface area contributed by atoms with E-state index in [-0.39, 0.29) is 5.38 Å². The number of hydrogen-bond acceptors (Lipinski definition) is 1. The molecular formula is C14H15Cl2N. The van der Waals surface area contributed by atoms with Gasteiger partial charge < -0.3 is 0 Å². The van der Waals surface area contributed by atoms with Gasteiger partial charge in [0.15, 0.2) is 0 Å². The molecule has 0 radical (unpaired) electrons. The largest absolute Gasteiger partial charge is 0.256 e. The van der Waals surface area contributed by atoms with E-state index in [4.69, 9.17) is 23.2 Å². The summed E-state index contributed by atoms with van der Waals surface area (Å²) < 4.78 is 0. The molecule has 3 heteroatoms. The molecule has 2 aromatic rings. The van der Waals surface area contributed by atoms with Gasteiger partial charge in [-0.25, -0.2) is 0 Å². The van der Waals surface area contributed by atoms with Gasteiger partial charge >= 0.3 is 0 Å². The number of pyridine rings is 1. The maximum atomic E-state index is 6.30. The first-order chi connectivity index (χ1) is 8.20. The van der Waals surface area contributed by atoms with Crippen molar-refractivity contribution in [2.24, 2.45) is 0 Å². The zero-order chi connectivity index (χ0) is 12.3. The van der Waals surface area contributed by atoms with Crippen LogP contribution in [0.4, 0.5) is 0 Å². The fraction of sp³-hybridized carbons (Fsp3) is 0.357. The monoisotopic (exact) mass is 267 g/mol. The summed E-state index contributed by atoms with van der Waals surface area (Å²) in [6.45, 7) is 2.15. The van der Waals surface area contributed by atoms with Crippen molar-refractivity contribution in [3.05, 3.63) is 41.0 Å². The molecule has 0 fully saturated rings. The van der Waals surface area contributed by atoms with E-state index in [0.717, 1.165) is 35.2 Å². The molecule has 1 aromatic heterocycles. The van der Waals surface area contributed by atoms with E-state index in [1.54, 1.807) is 0 Å². The quantitative estimate of drug-likeness (QED) is 0.723. The van der Waals surface area contributed by atoms with Gasteiger partial charge in [0.2, 0.25) is 0 Å². The van der Waals surface area contributed by atoms with Crippen LogP contribution in [0.15, 0.2) is 30.5 Å². The number of halogens is 2. The first kappa shape index (κ1) is 12.7. The minimum atomic E-state index is 0.196. The first-order valence-corrected chi connectivity index (χ1v) is 6.69. The van der Waals surface area contributed by atoms with Crippen LogP contribution in [-0.4, -0.2) is 10.4 Å². The van der Waals surface area contributed by atoms with Crippen LogP contribution < -0.4 is 0 Å². The molecule has 0 amide bonds. The van der Waals surface area contributed by atoms with Crippen molar-refractivity contribution >= 4 is 34.1 Å². The normalized spacial score (nSPS) is 12.9. The number of benzene rings is 1. The Morgan fingerprint density at radius 3 is 2.88 bits per heavy atom. The standard InChI is InChI=1S/C14H15Cl2N/c1-2-3-11(15)8-10-6-7-17-14-9-12(16)4-5-13(10)14/h4-7,9,11H,2-3,8H2,1H3. The van der Waals surface area contributed by atoms with Gasteiger partial charge in [0.1, 0.15) is 0 Å². The van der Waals surface area contributed by atoms with Crippen molar-refractivity contribution in [3.63, 3.8) is 0 Å². The van der Waals surface area contributed by atoms with Gasteiger partial charge in [-0.1, -0.05) is 31.0 Å².